The number of dihydropyridines is 1. The Morgan fingerprint density at radius 3 is 2.04 bits per heavy atom. The molecule has 1 aliphatic heterocycles. The molecular weight excluding hydrogens is 364 g/mol. The predicted molar refractivity (Wildman–Crippen MR) is 93.4 cm³/mol. The second kappa shape index (κ2) is 7.57. The number of methoxy groups -OCH3 is 2. The second-order valence-corrected chi connectivity index (χ2v) is 5.96. The first-order valence-electron chi connectivity index (χ1n) is 7.52. The maximum Gasteiger partial charge on any atom is 0.336 e. The average Bonchev–Trinajstić information content (AvgIpc) is 2.59. The van der Waals surface area contributed by atoms with E-state index in [2.05, 4.69) is 5.32 Å². The summed E-state index contributed by atoms with van der Waals surface area (Å²) < 4.78 is 9.65. The Bertz CT molecular complexity index is 821. The number of rotatable bonds is 4. The first-order valence-corrected chi connectivity index (χ1v) is 7.90. The minimum absolute atomic E-state index is 0.0279. The Kier molecular flexibility index (Phi) is 5.66. The minimum Gasteiger partial charge on any atom is -0.466 e. The molecule has 0 spiro atoms. The monoisotopic (exact) mass is 380 g/mol. The van der Waals surface area contributed by atoms with E-state index in [1.54, 1.807) is 13.8 Å². The highest BCUT2D eigenvalue weighted by Crippen LogP contribution is 2.45. The number of allylic oxidation sites excluding steroid dienone is 2. The lowest BCUT2D eigenvalue weighted by molar-refractivity contribution is -0.385. The molecule has 26 heavy (non-hydrogen) atoms. The van der Waals surface area contributed by atoms with Crippen molar-refractivity contribution in [2.24, 2.45) is 0 Å². The largest absolute Gasteiger partial charge is 0.466 e. The summed E-state index contributed by atoms with van der Waals surface area (Å²) in [5.74, 6) is -2.57. The van der Waals surface area contributed by atoms with Gasteiger partial charge in [-0.1, -0.05) is 17.7 Å². The van der Waals surface area contributed by atoms with Gasteiger partial charge in [0.2, 0.25) is 0 Å². The van der Waals surface area contributed by atoms with E-state index in [0.29, 0.717) is 11.4 Å². The van der Waals surface area contributed by atoms with Crippen molar-refractivity contribution in [1.82, 2.24) is 5.32 Å². The third-order valence-corrected chi connectivity index (χ3v) is 4.42. The van der Waals surface area contributed by atoms with Crippen LogP contribution in [0.1, 0.15) is 25.3 Å². The molecule has 0 unspecified atom stereocenters. The maximum absolute atomic E-state index is 12.4. The lowest BCUT2D eigenvalue weighted by atomic mass is 9.79. The summed E-state index contributed by atoms with van der Waals surface area (Å²) in [5, 5.41) is 14.5. The molecule has 1 heterocycles. The third-order valence-electron chi connectivity index (χ3n) is 4.09. The zero-order valence-electron chi connectivity index (χ0n) is 14.6. The van der Waals surface area contributed by atoms with Crippen LogP contribution in [0.5, 0.6) is 0 Å². The molecule has 0 bridgehead atoms. The van der Waals surface area contributed by atoms with Crippen LogP contribution < -0.4 is 5.32 Å². The summed E-state index contributed by atoms with van der Waals surface area (Å²) in [6.07, 6.45) is 0. The highest BCUT2D eigenvalue weighted by molar-refractivity contribution is 6.32. The molecule has 0 atom stereocenters. The maximum atomic E-state index is 12.4. The Labute approximate surface area is 154 Å². The lowest BCUT2D eigenvalue weighted by Gasteiger charge is -2.30. The number of hydrogen-bond donors (Lipinski definition) is 1. The average molecular weight is 381 g/mol. The molecule has 0 saturated heterocycles. The molecule has 2 rings (SSSR count). The molecule has 138 valence electrons. The van der Waals surface area contributed by atoms with Crippen LogP contribution in [0.2, 0.25) is 5.02 Å². The molecule has 1 aromatic carbocycles. The standard InChI is InChI=1S/C17H17ClN2O6/c1-8-12(16(21)25-3)15(13(9(2)19-8)17(22)26-4)14-10(18)6-5-7-11(14)20(23)24/h5-7,15,19H,1-4H3. The fraction of sp³-hybridized carbons (Fsp3) is 0.294. The summed E-state index contributed by atoms with van der Waals surface area (Å²) in [4.78, 5) is 35.7. The summed E-state index contributed by atoms with van der Waals surface area (Å²) in [7, 11) is 2.37. The quantitative estimate of drug-likeness (QED) is 0.486. The lowest BCUT2D eigenvalue weighted by Crippen LogP contribution is -2.32. The smallest absolute Gasteiger partial charge is 0.336 e. The number of carbonyl (C=O) groups is 2. The molecule has 0 radical (unpaired) electrons. The van der Waals surface area contributed by atoms with Gasteiger partial charge in [-0.25, -0.2) is 9.59 Å². The molecule has 0 fully saturated rings. The van der Waals surface area contributed by atoms with Crippen LogP contribution in [0.3, 0.4) is 0 Å². The van der Waals surface area contributed by atoms with Crippen LogP contribution in [0.15, 0.2) is 40.7 Å². The Balaban J connectivity index is 2.89. The van der Waals surface area contributed by atoms with Gasteiger partial charge in [0.05, 0.1) is 46.8 Å². The number of halogens is 1. The van der Waals surface area contributed by atoms with Crippen molar-refractivity contribution in [2.75, 3.05) is 14.2 Å². The first-order chi connectivity index (χ1) is 12.2. The van der Waals surface area contributed by atoms with E-state index >= 15 is 0 Å². The van der Waals surface area contributed by atoms with Gasteiger partial charge in [-0.15, -0.1) is 0 Å². The van der Waals surface area contributed by atoms with Gasteiger partial charge in [-0.2, -0.15) is 0 Å². The van der Waals surface area contributed by atoms with Crippen molar-refractivity contribution in [2.45, 2.75) is 19.8 Å². The summed E-state index contributed by atoms with van der Waals surface area (Å²) in [5.41, 5.74) is 0.625. The third kappa shape index (κ3) is 3.28. The van der Waals surface area contributed by atoms with Gasteiger partial charge < -0.3 is 14.8 Å². The van der Waals surface area contributed by atoms with E-state index in [1.165, 1.54) is 32.4 Å². The number of esters is 2. The first kappa shape index (κ1) is 19.5. The molecule has 0 amide bonds. The van der Waals surface area contributed by atoms with E-state index in [1.807, 2.05) is 0 Å². The second-order valence-electron chi connectivity index (χ2n) is 5.55. The van der Waals surface area contributed by atoms with Crippen molar-refractivity contribution in [1.29, 1.82) is 0 Å². The van der Waals surface area contributed by atoms with Crippen molar-refractivity contribution in [3.05, 3.63) is 61.4 Å². The number of nitro groups is 1. The van der Waals surface area contributed by atoms with Crippen LogP contribution in [0.25, 0.3) is 0 Å². The van der Waals surface area contributed by atoms with Crippen molar-refractivity contribution < 1.29 is 24.0 Å². The van der Waals surface area contributed by atoms with Gasteiger partial charge in [-0.05, 0) is 19.9 Å². The number of benzene rings is 1. The highest BCUT2D eigenvalue weighted by Gasteiger charge is 2.41. The number of carbonyl (C=O) groups excluding carboxylic acids is 2. The van der Waals surface area contributed by atoms with Crippen molar-refractivity contribution in [3.8, 4) is 0 Å². The van der Waals surface area contributed by atoms with E-state index in [0.717, 1.165) is 0 Å². The SMILES string of the molecule is COC(=O)C1=C(C)NC(C)=C(C(=O)OC)C1c1c(Cl)cccc1[N+](=O)[O-]. The zero-order chi connectivity index (χ0) is 19.6. The molecule has 1 N–H and O–H groups in total. The van der Waals surface area contributed by atoms with Gasteiger partial charge in [0.1, 0.15) is 0 Å². The number of nitrogens with one attached hydrogen (secondary N) is 1. The predicted octanol–water partition coefficient (Wildman–Crippen LogP) is 2.83. The molecule has 9 heteroatoms. The number of hydrogen-bond acceptors (Lipinski definition) is 7. The Morgan fingerprint density at radius 2 is 1.62 bits per heavy atom. The fourth-order valence-electron chi connectivity index (χ4n) is 3.01. The van der Waals surface area contributed by atoms with Crippen LogP contribution in [-0.4, -0.2) is 31.1 Å². The van der Waals surface area contributed by atoms with Gasteiger partial charge in [0.15, 0.2) is 0 Å². The molecular formula is C17H17ClN2O6. The van der Waals surface area contributed by atoms with Gasteiger partial charge in [0, 0.05) is 17.5 Å². The minimum atomic E-state index is -1.11. The number of nitrogens with zero attached hydrogens (tertiary/aromatic N) is 1. The van der Waals surface area contributed by atoms with Crippen LogP contribution in [-0.2, 0) is 19.1 Å². The zero-order valence-corrected chi connectivity index (χ0v) is 15.3. The number of nitro benzene ring substituents is 1. The molecule has 0 saturated carbocycles. The molecule has 8 nitrogen and oxygen atoms in total. The van der Waals surface area contributed by atoms with E-state index in [4.69, 9.17) is 21.1 Å². The van der Waals surface area contributed by atoms with Gasteiger partial charge in [-0.3, -0.25) is 10.1 Å². The van der Waals surface area contributed by atoms with E-state index < -0.39 is 22.8 Å². The Hall–Kier alpha value is -2.87. The van der Waals surface area contributed by atoms with E-state index in [-0.39, 0.29) is 27.4 Å². The van der Waals surface area contributed by atoms with Crippen LogP contribution in [0.4, 0.5) is 5.69 Å². The highest BCUT2D eigenvalue weighted by atomic mass is 35.5. The van der Waals surface area contributed by atoms with Crippen molar-refractivity contribution in [3.63, 3.8) is 0 Å². The van der Waals surface area contributed by atoms with Crippen LogP contribution in [0, 0.1) is 10.1 Å². The summed E-state index contributed by atoms with van der Waals surface area (Å²) >= 11 is 6.25. The summed E-state index contributed by atoms with van der Waals surface area (Å²) in [6.45, 7) is 3.22. The van der Waals surface area contributed by atoms with Crippen molar-refractivity contribution >= 4 is 29.2 Å². The number of ether oxygens (including phenoxy) is 2. The topological polar surface area (TPSA) is 108 Å². The Morgan fingerprint density at radius 1 is 1.12 bits per heavy atom. The molecule has 0 aliphatic carbocycles. The van der Waals surface area contributed by atoms with Gasteiger partial charge >= 0.3 is 11.9 Å². The summed E-state index contributed by atoms with van der Waals surface area (Å²) in [6, 6.07) is 4.14. The van der Waals surface area contributed by atoms with Crippen LogP contribution >= 0.6 is 11.6 Å². The fourth-order valence-corrected chi connectivity index (χ4v) is 3.29. The normalized spacial score (nSPS) is 14.8. The molecule has 1 aliphatic rings. The molecule has 1 aromatic rings. The molecule has 0 aromatic heterocycles. The van der Waals surface area contributed by atoms with E-state index in [9.17, 15) is 19.7 Å². The van der Waals surface area contributed by atoms with Gasteiger partial charge in [0.25, 0.3) is 5.69 Å².